The Morgan fingerprint density at radius 1 is 1.23 bits per heavy atom. The summed E-state index contributed by atoms with van der Waals surface area (Å²) in [5.74, 6) is 0. The number of rotatable bonds is 5. The van der Waals surface area contributed by atoms with E-state index in [0.29, 0.717) is 4.73 Å². The summed E-state index contributed by atoms with van der Waals surface area (Å²) >= 11 is 6.49. The average molecular weight is 313 g/mol. The Bertz CT molecular complexity index is 264. The van der Waals surface area contributed by atoms with Crippen molar-refractivity contribution in [3.63, 3.8) is 0 Å². The largest absolute Gasteiger partial charge is 0.396 e. The monoisotopic (exact) mass is 311 g/mol. The fraction of sp³-hybridized carbons (Fsp3) is 0.714. The van der Waals surface area contributed by atoms with Crippen molar-refractivity contribution in [2.45, 2.75) is 25.8 Å². The molecule has 0 aliphatic rings. The average Bonchev–Trinajstić information content (AvgIpc) is 2.39. The highest BCUT2D eigenvalue weighted by molar-refractivity contribution is 9.11. The fourth-order valence-corrected chi connectivity index (χ4v) is 2.01. The predicted molar refractivity (Wildman–Crippen MR) is 56.4 cm³/mol. The van der Waals surface area contributed by atoms with Crippen LogP contribution in [0, 0.1) is 0 Å². The summed E-state index contributed by atoms with van der Waals surface area (Å²) in [4.78, 5) is 4.05. The molecular formula is C7H11Br2N3O. The minimum absolute atomic E-state index is 0.266. The zero-order valence-electron chi connectivity index (χ0n) is 7.08. The molecule has 0 atom stereocenters. The maximum atomic E-state index is 8.57. The molecule has 74 valence electrons. The third-order valence-electron chi connectivity index (χ3n) is 1.63. The minimum atomic E-state index is 0.266. The molecule has 1 N–H and O–H groups in total. The van der Waals surface area contributed by atoms with Crippen molar-refractivity contribution in [3.05, 3.63) is 9.47 Å². The Hall–Kier alpha value is 0.0600. The van der Waals surface area contributed by atoms with Gasteiger partial charge in [-0.05, 0) is 51.1 Å². The lowest BCUT2D eigenvalue weighted by molar-refractivity contribution is 0.281. The van der Waals surface area contributed by atoms with E-state index in [1.54, 1.807) is 4.68 Å². The highest BCUT2D eigenvalue weighted by Crippen LogP contribution is 2.12. The molecule has 13 heavy (non-hydrogen) atoms. The summed E-state index contributed by atoms with van der Waals surface area (Å²) in [5.41, 5.74) is 0. The van der Waals surface area contributed by atoms with Crippen LogP contribution in [0.5, 0.6) is 0 Å². The first-order valence-electron chi connectivity index (χ1n) is 4.10. The van der Waals surface area contributed by atoms with Gasteiger partial charge < -0.3 is 5.11 Å². The van der Waals surface area contributed by atoms with Gasteiger partial charge >= 0.3 is 0 Å². The lowest BCUT2D eigenvalue weighted by Gasteiger charge is -2.00. The first kappa shape index (κ1) is 11.1. The number of aliphatic hydroxyl groups is 1. The highest BCUT2D eigenvalue weighted by atomic mass is 79.9. The molecular weight excluding hydrogens is 302 g/mol. The van der Waals surface area contributed by atoms with Crippen LogP contribution in [0.4, 0.5) is 0 Å². The molecule has 0 spiro atoms. The van der Waals surface area contributed by atoms with E-state index in [0.717, 1.165) is 30.5 Å². The van der Waals surface area contributed by atoms with Gasteiger partial charge in [-0.1, -0.05) is 0 Å². The van der Waals surface area contributed by atoms with Gasteiger partial charge in [0.2, 0.25) is 4.73 Å². The van der Waals surface area contributed by atoms with Crippen LogP contribution in [0.2, 0.25) is 0 Å². The number of halogens is 2. The summed E-state index contributed by atoms with van der Waals surface area (Å²) in [6.45, 7) is 1.10. The zero-order valence-corrected chi connectivity index (χ0v) is 10.3. The van der Waals surface area contributed by atoms with Gasteiger partial charge in [0.1, 0.15) is 0 Å². The van der Waals surface area contributed by atoms with E-state index in [1.807, 2.05) is 0 Å². The van der Waals surface area contributed by atoms with E-state index < -0.39 is 0 Å². The molecule has 0 aliphatic heterocycles. The molecule has 0 unspecified atom stereocenters. The van der Waals surface area contributed by atoms with Gasteiger partial charge in [-0.15, -0.1) is 5.10 Å². The van der Waals surface area contributed by atoms with Crippen molar-refractivity contribution < 1.29 is 5.11 Å². The van der Waals surface area contributed by atoms with E-state index >= 15 is 0 Å². The molecule has 0 aliphatic carbocycles. The molecule has 6 heteroatoms. The van der Waals surface area contributed by atoms with E-state index in [2.05, 4.69) is 41.9 Å². The molecule has 0 amide bonds. The fourth-order valence-electron chi connectivity index (χ4n) is 0.989. The van der Waals surface area contributed by atoms with Crippen LogP contribution < -0.4 is 0 Å². The van der Waals surface area contributed by atoms with Crippen LogP contribution >= 0.6 is 31.9 Å². The molecule has 0 saturated heterocycles. The van der Waals surface area contributed by atoms with Crippen LogP contribution in [0.15, 0.2) is 9.47 Å². The zero-order chi connectivity index (χ0) is 9.68. The Kier molecular flexibility index (Phi) is 4.90. The lowest BCUT2D eigenvalue weighted by Crippen LogP contribution is -2.00. The molecule has 4 nitrogen and oxygen atoms in total. The number of aliphatic hydroxyl groups excluding tert-OH is 1. The Morgan fingerprint density at radius 3 is 2.54 bits per heavy atom. The second-order valence-electron chi connectivity index (χ2n) is 2.66. The minimum Gasteiger partial charge on any atom is -0.396 e. The molecule has 0 fully saturated rings. The first-order valence-corrected chi connectivity index (χ1v) is 5.69. The van der Waals surface area contributed by atoms with Crippen molar-refractivity contribution in [1.29, 1.82) is 0 Å². The lowest BCUT2D eigenvalue weighted by atomic mass is 10.2. The van der Waals surface area contributed by atoms with Crippen molar-refractivity contribution in [3.8, 4) is 0 Å². The van der Waals surface area contributed by atoms with E-state index in [4.69, 9.17) is 5.11 Å². The van der Waals surface area contributed by atoms with E-state index in [1.165, 1.54) is 0 Å². The smallest absolute Gasteiger partial charge is 0.218 e. The van der Waals surface area contributed by atoms with Gasteiger partial charge in [0.15, 0.2) is 4.73 Å². The predicted octanol–water partition coefficient (Wildman–Crippen LogP) is 1.97. The van der Waals surface area contributed by atoms with Crippen LogP contribution in [-0.4, -0.2) is 26.5 Å². The molecule has 0 bridgehead atoms. The van der Waals surface area contributed by atoms with Crippen LogP contribution in [0.1, 0.15) is 19.3 Å². The summed E-state index contributed by atoms with van der Waals surface area (Å²) < 4.78 is 3.13. The second-order valence-corrected chi connectivity index (χ2v) is 4.08. The Morgan fingerprint density at radius 2 is 2.00 bits per heavy atom. The van der Waals surface area contributed by atoms with Crippen molar-refractivity contribution >= 4 is 31.9 Å². The number of unbranched alkanes of at least 4 members (excludes halogenated alkanes) is 2. The van der Waals surface area contributed by atoms with Gasteiger partial charge in [0.05, 0.1) is 0 Å². The quantitative estimate of drug-likeness (QED) is 0.846. The molecule has 1 aromatic heterocycles. The maximum Gasteiger partial charge on any atom is 0.218 e. The number of hydrogen-bond donors (Lipinski definition) is 1. The first-order chi connectivity index (χ1) is 6.24. The SMILES string of the molecule is OCCCCCn1nc(Br)nc1Br. The van der Waals surface area contributed by atoms with E-state index in [-0.39, 0.29) is 6.61 Å². The van der Waals surface area contributed by atoms with Crippen LogP contribution in [0.3, 0.4) is 0 Å². The van der Waals surface area contributed by atoms with Crippen molar-refractivity contribution in [2.75, 3.05) is 6.61 Å². The third-order valence-corrected chi connectivity index (χ3v) is 2.55. The van der Waals surface area contributed by atoms with Gasteiger partial charge in [-0.2, -0.15) is 4.98 Å². The Balaban J connectivity index is 2.32. The van der Waals surface area contributed by atoms with Crippen molar-refractivity contribution in [1.82, 2.24) is 14.8 Å². The third kappa shape index (κ3) is 3.74. The van der Waals surface area contributed by atoms with Gasteiger partial charge in [0.25, 0.3) is 0 Å². The molecule has 1 aromatic rings. The Labute approximate surface area is 93.6 Å². The van der Waals surface area contributed by atoms with Crippen LogP contribution in [0.25, 0.3) is 0 Å². The summed E-state index contributed by atoms with van der Waals surface area (Å²) in [6.07, 6.45) is 2.88. The van der Waals surface area contributed by atoms with Gasteiger partial charge in [-0.3, -0.25) is 0 Å². The van der Waals surface area contributed by atoms with E-state index in [9.17, 15) is 0 Å². The second kappa shape index (κ2) is 5.72. The van der Waals surface area contributed by atoms with Gasteiger partial charge in [-0.25, -0.2) is 4.68 Å². The molecule has 0 radical (unpaired) electrons. The number of hydrogen-bond acceptors (Lipinski definition) is 3. The number of aromatic nitrogens is 3. The summed E-state index contributed by atoms with van der Waals surface area (Å²) in [5, 5.41) is 12.7. The summed E-state index contributed by atoms with van der Waals surface area (Å²) in [7, 11) is 0. The van der Waals surface area contributed by atoms with Crippen molar-refractivity contribution in [2.24, 2.45) is 0 Å². The van der Waals surface area contributed by atoms with Crippen LogP contribution in [-0.2, 0) is 6.54 Å². The standard InChI is InChI=1S/C7H11Br2N3O/c8-6-10-7(9)12(11-6)4-2-1-3-5-13/h13H,1-5H2. The topological polar surface area (TPSA) is 50.9 Å². The highest BCUT2D eigenvalue weighted by Gasteiger charge is 2.03. The number of nitrogens with zero attached hydrogens (tertiary/aromatic N) is 3. The van der Waals surface area contributed by atoms with Gasteiger partial charge in [0, 0.05) is 13.2 Å². The maximum absolute atomic E-state index is 8.57. The number of aryl methyl sites for hydroxylation is 1. The summed E-state index contributed by atoms with van der Waals surface area (Å²) in [6, 6.07) is 0. The normalized spacial score (nSPS) is 10.7. The molecule has 0 aromatic carbocycles. The molecule has 1 rings (SSSR count). The molecule has 1 heterocycles. The molecule has 0 saturated carbocycles.